The molecule has 1 aromatic carbocycles. The summed E-state index contributed by atoms with van der Waals surface area (Å²) in [7, 11) is 3.54. The van der Waals surface area contributed by atoms with Crippen molar-refractivity contribution in [3.63, 3.8) is 0 Å². The lowest BCUT2D eigenvalue weighted by atomic mass is 10.3. The first-order chi connectivity index (χ1) is 15.5. The van der Waals surface area contributed by atoms with Gasteiger partial charge in [-0.1, -0.05) is 0 Å². The van der Waals surface area contributed by atoms with E-state index in [-0.39, 0.29) is 24.5 Å². The van der Waals surface area contributed by atoms with Crippen molar-refractivity contribution in [1.82, 2.24) is 14.4 Å². The Hall–Kier alpha value is -3.68. The Labute approximate surface area is 187 Å². The summed E-state index contributed by atoms with van der Waals surface area (Å²) >= 11 is 0. The summed E-state index contributed by atoms with van der Waals surface area (Å²) in [5.41, 5.74) is 1.66. The van der Waals surface area contributed by atoms with E-state index in [1.165, 1.54) is 0 Å². The second-order valence-electron chi connectivity index (χ2n) is 7.96. The molecule has 4 rings (SSSR count). The zero-order valence-electron chi connectivity index (χ0n) is 18.4. The number of hydrogen-bond donors (Lipinski definition) is 1. The Balaban J connectivity index is 1.46. The van der Waals surface area contributed by atoms with Crippen molar-refractivity contribution in [2.45, 2.75) is 32.0 Å². The van der Waals surface area contributed by atoms with Gasteiger partial charge in [0.1, 0.15) is 18.1 Å². The van der Waals surface area contributed by atoms with E-state index in [9.17, 15) is 9.59 Å². The molecule has 0 aliphatic heterocycles. The average molecular weight is 437 g/mol. The van der Waals surface area contributed by atoms with Crippen LogP contribution in [0.4, 0.5) is 10.5 Å². The van der Waals surface area contributed by atoms with E-state index in [2.05, 4.69) is 5.32 Å². The van der Waals surface area contributed by atoms with Gasteiger partial charge in [0.25, 0.3) is 0 Å². The molecule has 2 aromatic heterocycles. The third-order valence-corrected chi connectivity index (χ3v) is 5.58. The van der Waals surface area contributed by atoms with E-state index in [0.29, 0.717) is 30.3 Å². The van der Waals surface area contributed by atoms with Gasteiger partial charge in [0.2, 0.25) is 5.91 Å². The predicted molar refractivity (Wildman–Crippen MR) is 120 cm³/mol. The van der Waals surface area contributed by atoms with Gasteiger partial charge < -0.3 is 28.8 Å². The summed E-state index contributed by atoms with van der Waals surface area (Å²) in [6, 6.07) is 14.5. The van der Waals surface area contributed by atoms with Crippen LogP contribution in [0.3, 0.4) is 0 Å². The fraction of sp³-hybridized carbons (Fsp3) is 0.333. The molecule has 1 N–H and O–H groups in total. The third-order valence-electron chi connectivity index (χ3n) is 5.58. The minimum atomic E-state index is -0.275. The molecule has 8 heteroatoms. The zero-order valence-corrected chi connectivity index (χ0v) is 18.4. The number of furan rings is 1. The summed E-state index contributed by atoms with van der Waals surface area (Å²) < 4.78 is 12.6. The van der Waals surface area contributed by atoms with Gasteiger partial charge in [-0.25, -0.2) is 4.79 Å². The number of benzene rings is 1. The number of amides is 3. The van der Waals surface area contributed by atoms with Crippen LogP contribution in [0, 0.1) is 0 Å². The highest BCUT2D eigenvalue weighted by molar-refractivity contribution is 5.92. The smallest absolute Gasteiger partial charge is 0.322 e. The van der Waals surface area contributed by atoms with Crippen LogP contribution >= 0.6 is 0 Å². The summed E-state index contributed by atoms with van der Waals surface area (Å²) in [5.74, 6) is 1.29. The number of carbonyl (C=O) groups is 2. The lowest BCUT2D eigenvalue weighted by Crippen LogP contribution is -2.45. The lowest BCUT2D eigenvalue weighted by Gasteiger charge is -2.27. The van der Waals surface area contributed by atoms with Crippen LogP contribution in [0.15, 0.2) is 65.4 Å². The summed E-state index contributed by atoms with van der Waals surface area (Å²) in [6.45, 7) is 0.787. The van der Waals surface area contributed by atoms with Crippen LogP contribution in [0.2, 0.25) is 0 Å². The van der Waals surface area contributed by atoms with Crippen molar-refractivity contribution in [1.29, 1.82) is 0 Å². The second kappa shape index (κ2) is 9.64. The highest BCUT2D eigenvalue weighted by Crippen LogP contribution is 2.28. The van der Waals surface area contributed by atoms with Crippen molar-refractivity contribution < 1.29 is 18.7 Å². The molecule has 1 saturated carbocycles. The molecule has 2 heterocycles. The van der Waals surface area contributed by atoms with E-state index in [4.69, 9.17) is 9.15 Å². The van der Waals surface area contributed by atoms with Crippen LogP contribution in [0.5, 0.6) is 5.75 Å². The highest BCUT2D eigenvalue weighted by Gasteiger charge is 2.35. The highest BCUT2D eigenvalue weighted by atomic mass is 16.5. The van der Waals surface area contributed by atoms with Crippen molar-refractivity contribution in [2.75, 3.05) is 19.0 Å². The molecule has 0 bridgehead atoms. The molecule has 8 nitrogen and oxygen atoms in total. The minimum absolute atomic E-state index is 0.0117. The fourth-order valence-corrected chi connectivity index (χ4v) is 3.55. The number of hydrogen-bond acceptors (Lipinski definition) is 4. The maximum atomic E-state index is 13.3. The van der Waals surface area contributed by atoms with E-state index in [1.807, 2.05) is 36.0 Å². The summed E-state index contributed by atoms with van der Waals surface area (Å²) in [6.07, 6.45) is 5.35. The van der Waals surface area contributed by atoms with Gasteiger partial charge in [0, 0.05) is 30.7 Å². The van der Waals surface area contributed by atoms with Gasteiger partial charge in [0.15, 0.2) is 0 Å². The molecule has 0 unspecified atom stereocenters. The molecule has 0 spiro atoms. The van der Waals surface area contributed by atoms with Crippen LogP contribution in [-0.2, 0) is 24.9 Å². The molecular formula is C24H28N4O4. The fourth-order valence-electron chi connectivity index (χ4n) is 3.55. The van der Waals surface area contributed by atoms with Gasteiger partial charge in [0.05, 0.1) is 26.5 Å². The molecule has 1 aliphatic rings. The first-order valence-corrected chi connectivity index (χ1v) is 10.7. The Morgan fingerprint density at radius 2 is 1.91 bits per heavy atom. The van der Waals surface area contributed by atoms with Crippen LogP contribution < -0.4 is 10.1 Å². The number of urea groups is 1. The quantitative estimate of drug-likeness (QED) is 0.553. The van der Waals surface area contributed by atoms with Crippen LogP contribution in [0.1, 0.15) is 24.3 Å². The molecule has 0 radical (unpaired) electrons. The largest absolute Gasteiger partial charge is 0.497 e. The molecule has 1 fully saturated rings. The molecule has 32 heavy (non-hydrogen) atoms. The average Bonchev–Trinajstić information content (AvgIpc) is 3.35. The van der Waals surface area contributed by atoms with Gasteiger partial charge in [-0.05, 0) is 61.4 Å². The predicted octanol–water partition coefficient (Wildman–Crippen LogP) is 3.85. The molecule has 3 aromatic rings. The SMILES string of the molecule is COc1ccc(NC(=O)N(CC(=O)N(Cc2ccco2)Cc2cccn2C)C2CC2)cc1. The topological polar surface area (TPSA) is 80.0 Å². The molecular weight excluding hydrogens is 408 g/mol. The van der Waals surface area contributed by atoms with Crippen molar-refractivity contribution >= 4 is 17.6 Å². The van der Waals surface area contributed by atoms with Gasteiger partial charge in [-0.3, -0.25) is 4.79 Å². The Kier molecular flexibility index (Phi) is 6.49. The summed E-state index contributed by atoms with van der Waals surface area (Å²) in [5, 5.41) is 2.90. The molecule has 168 valence electrons. The van der Waals surface area contributed by atoms with Gasteiger partial charge in [-0.2, -0.15) is 0 Å². The molecule has 3 amide bonds. The Morgan fingerprint density at radius 3 is 2.50 bits per heavy atom. The number of ether oxygens (including phenoxy) is 1. The molecule has 0 saturated heterocycles. The van der Waals surface area contributed by atoms with Crippen LogP contribution in [-0.4, -0.2) is 46.0 Å². The first kappa shape index (κ1) is 21.5. The number of methoxy groups -OCH3 is 1. The Morgan fingerprint density at radius 1 is 1.12 bits per heavy atom. The van der Waals surface area contributed by atoms with Crippen LogP contribution in [0.25, 0.3) is 0 Å². The number of carbonyl (C=O) groups excluding carboxylic acids is 2. The first-order valence-electron chi connectivity index (χ1n) is 10.7. The normalized spacial score (nSPS) is 12.9. The van der Waals surface area contributed by atoms with E-state index < -0.39 is 0 Å². The number of nitrogens with zero attached hydrogens (tertiary/aromatic N) is 3. The maximum Gasteiger partial charge on any atom is 0.322 e. The third kappa shape index (κ3) is 5.32. The van der Waals surface area contributed by atoms with Crippen molar-refractivity contribution in [2.24, 2.45) is 7.05 Å². The number of aromatic nitrogens is 1. The maximum absolute atomic E-state index is 13.3. The second-order valence-corrected chi connectivity index (χ2v) is 7.96. The number of nitrogens with one attached hydrogen (secondary N) is 1. The Bertz CT molecular complexity index is 1040. The molecule has 0 atom stereocenters. The molecule has 1 aliphatic carbocycles. The zero-order chi connectivity index (χ0) is 22.5. The van der Waals surface area contributed by atoms with Gasteiger partial charge >= 0.3 is 6.03 Å². The van der Waals surface area contributed by atoms with Crippen molar-refractivity contribution in [3.8, 4) is 5.75 Å². The number of aryl methyl sites for hydroxylation is 1. The number of rotatable bonds is 9. The van der Waals surface area contributed by atoms with E-state index >= 15 is 0 Å². The van der Waals surface area contributed by atoms with E-state index in [0.717, 1.165) is 18.5 Å². The number of anilines is 1. The lowest BCUT2D eigenvalue weighted by molar-refractivity contribution is -0.133. The monoisotopic (exact) mass is 436 g/mol. The minimum Gasteiger partial charge on any atom is -0.497 e. The summed E-state index contributed by atoms with van der Waals surface area (Å²) in [4.78, 5) is 29.7. The van der Waals surface area contributed by atoms with Crippen molar-refractivity contribution in [3.05, 3.63) is 72.4 Å². The van der Waals surface area contributed by atoms with E-state index in [1.54, 1.807) is 53.5 Å². The van der Waals surface area contributed by atoms with Gasteiger partial charge in [-0.15, -0.1) is 0 Å². The standard InChI is InChI=1S/C24H28N4O4/c1-26-13-3-5-20(26)15-27(16-22-6-4-14-32-22)23(29)17-28(19-9-10-19)24(30)25-18-7-11-21(31-2)12-8-18/h3-8,11-14,19H,9-10,15-17H2,1-2H3,(H,25,30).